The Bertz CT molecular complexity index is 1090. The highest BCUT2D eigenvalue weighted by molar-refractivity contribution is 7.98. The third-order valence-corrected chi connectivity index (χ3v) is 6.22. The number of amides is 1. The van der Waals surface area contributed by atoms with Gasteiger partial charge in [0.05, 0.1) is 0 Å². The van der Waals surface area contributed by atoms with Crippen LogP contribution in [0, 0.1) is 13.8 Å². The Morgan fingerprint density at radius 2 is 2.07 bits per heavy atom. The standard InChI is InChI=1S/C23H27N5OS/c1-16-14-17(2)28-22(25-16)26-23(27-28)30-15-19-10-6-7-11-20(19)21(29)24-13-12-18-8-4-3-5-9-18/h6-8,10-11,14H,3-5,9,12-13,15H2,1-2H3,(H,24,29). The SMILES string of the molecule is Cc1cc(C)n2nc(SCc3ccccc3C(=O)NCCC3=CCCCC3)nc2n1. The van der Waals surface area contributed by atoms with Crippen LogP contribution in [-0.2, 0) is 5.75 Å². The Hall–Kier alpha value is -2.67. The van der Waals surface area contributed by atoms with Crippen molar-refractivity contribution in [3.05, 3.63) is 64.5 Å². The molecule has 0 unspecified atom stereocenters. The smallest absolute Gasteiger partial charge is 0.253 e. The van der Waals surface area contributed by atoms with Crippen LogP contribution in [0.5, 0.6) is 0 Å². The highest BCUT2D eigenvalue weighted by Gasteiger charge is 2.14. The van der Waals surface area contributed by atoms with E-state index in [1.807, 2.05) is 44.2 Å². The molecule has 156 valence electrons. The quantitative estimate of drug-likeness (QED) is 0.444. The zero-order chi connectivity index (χ0) is 20.9. The summed E-state index contributed by atoms with van der Waals surface area (Å²) in [7, 11) is 0. The van der Waals surface area contributed by atoms with Gasteiger partial charge < -0.3 is 5.32 Å². The van der Waals surface area contributed by atoms with Crippen molar-refractivity contribution in [1.82, 2.24) is 24.9 Å². The minimum absolute atomic E-state index is 0.0151. The van der Waals surface area contributed by atoms with E-state index in [0.29, 0.717) is 23.2 Å². The number of hydrogen-bond acceptors (Lipinski definition) is 5. The molecule has 6 nitrogen and oxygen atoms in total. The van der Waals surface area contributed by atoms with Gasteiger partial charge in [-0.1, -0.05) is 41.6 Å². The number of rotatable bonds is 7. The highest BCUT2D eigenvalue weighted by Crippen LogP contribution is 2.23. The van der Waals surface area contributed by atoms with Crippen LogP contribution in [0.15, 0.2) is 47.1 Å². The molecule has 0 saturated heterocycles. The first-order valence-electron chi connectivity index (χ1n) is 10.5. The molecule has 0 saturated carbocycles. The number of nitrogens with one attached hydrogen (secondary N) is 1. The molecule has 0 fully saturated rings. The number of allylic oxidation sites excluding steroid dienone is 1. The van der Waals surface area contributed by atoms with Crippen molar-refractivity contribution < 1.29 is 4.79 Å². The lowest BCUT2D eigenvalue weighted by Gasteiger charge is -2.13. The van der Waals surface area contributed by atoms with Gasteiger partial charge in [-0.05, 0) is 63.6 Å². The predicted octanol–water partition coefficient (Wildman–Crippen LogP) is 4.65. The lowest BCUT2D eigenvalue weighted by molar-refractivity contribution is 0.0953. The maximum absolute atomic E-state index is 12.8. The normalized spacial score (nSPS) is 14.0. The van der Waals surface area contributed by atoms with Gasteiger partial charge in [-0.15, -0.1) is 5.10 Å². The van der Waals surface area contributed by atoms with E-state index in [0.717, 1.165) is 28.9 Å². The van der Waals surface area contributed by atoms with E-state index < -0.39 is 0 Å². The van der Waals surface area contributed by atoms with Gasteiger partial charge in [0.25, 0.3) is 11.7 Å². The fourth-order valence-corrected chi connectivity index (χ4v) is 4.60. The van der Waals surface area contributed by atoms with Gasteiger partial charge >= 0.3 is 0 Å². The van der Waals surface area contributed by atoms with E-state index in [-0.39, 0.29) is 5.91 Å². The lowest BCUT2D eigenvalue weighted by Crippen LogP contribution is -2.25. The Labute approximate surface area is 181 Å². The third-order valence-electron chi connectivity index (χ3n) is 5.33. The predicted molar refractivity (Wildman–Crippen MR) is 120 cm³/mol. The molecule has 0 radical (unpaired) electrons. The number of nitrogens with zero attached hydrogens (tertiary/aromatic N) is 4. The number of aryl methyl sites for hydroxylation is 2. The van der Waals surface area contributed by atoms with E-state index >= 15 is 0 Å². The summed E-state index contributed by atoms with van der Waals surface area (Å²) in [6.07, 6.45) is 8.18. The Kier molecular flexibility index (Phi) is 6.47. The second-order valence-electron chi connectivity index (χ2n) is 7.70. The molecule has 30 heavy (non-hydrogen) atoms. The number of benzene rings is 1. The summed E-state index contributed by atoms with van der Waals surface area (Å²) in [5.74, 6) is 1.22. The zero-order valence-corrected chi connectivity index (χ0v) is 18.3. The summed E-state index contributed by atoms with van der Waals surface area (Å²) < 4.78 is 1.76. The van der Waals surface area contributed by atoms with Crippen LogP contribution in [0.4, 0.5) is 0 Å². The average molecular weight is 422 g/mol. The Morgan fingerprint density at radius 3 is 2.90 bits per heavy atom. The molecular formula is C23H27N5OS. The summed E-state index contributed by atoms with van der Waals surface area (Å²) in [6.45, 7) is 4.63. The summed E-state index contributed by atoms with van der Waals surface area (Å²) in [5.41, 5.74) is 5.11. The van der Waals surface area contributed by atoms with Crippen molar-refractivity contribution >= 4 is 23.4 Å². The Morgan fingerprint density at radius 1 is 1.20 bits per heavy atom. The number of fused-ring (bicyclic) bond motifs is 1. The minimum atomic E-state index is -0.0151. The molecule has 2 aromatic heterocycles. The molecule has 1 aliphatic carbocycles. The maximum Gasteiger partial charge on any atom is 0.253 e. The van der Waals surface area contributed by atoms with Gasteiger partial charge in [0.1, 0.15) is 0 Å². The summed E-state index contributed by atoms with van der Waals surface area (Å²) in [6, 6.07) is 9.74. The molecule has 3 aromatic rings. The zero-order valence-electron chi connectivity index (χ0n) is 17.5. The lowest BCUT2D eigenvalue weighted by atomic mass is 9.97. The van der Waals surface area contributed by atoms with Gasteiger partial charge in [0.15, 0.2) is 0 Å². The van der Waals surface area contributed by atoms with Crippen molar-refractivity contribution in [2.45, 2.75) is 56.9 Å². The molecule has 1 amide bonds. The van der Waals surface area contributed by atoms with Gasteiger partial charge in [0, 0.05) is 29.2 Å². The van der Waals surface area contributed by atoms with Crippen LogP contribution >= 0.6 is 11.8 Å². The molecular weight excluding hydrogens is 394 g/mol. The van der Waals surface area contributed by atoms with Gasteiger partial charge in [0.2, 0.25) is 5.16 Å². The van der Waals surface area contributed by atoms with Crippen molar-refractivity contribution in [3.8, 4) is 0 Å². The van der Waals surface area contributed by atoms with E-state index in [4.69, 9.17) is 0 Å². The summed E-state index contributed by atoms with van der Waals surface area (Å²) in [5, 5.41) is 8.29. The fraction of sp³-hybridized carbons (Fsp3) is 0.391. The third kappa shape index (κ3) is 4.90. The molecule has 0 aliphatic heterocycles. The topological polar surface area (TPSA) is 72.2 Å². The molecule has 0 atom stereocenters. The van der Waals surface area contributed by atoms with Crippen LogP contribution in [0.2, 0.25) is 0 Å². The monoisotopic (exact) mass is 421 g/mol. The second kappa shape index (κ2) is 9.43. The summed E-state index contributed by atoms with van der Waals surface area (Å²) in [4.78, 5) is 21.7. The number of hydrogen-bond donors (Lipinski definition) is 1. The first-order valence-corrected chi connectivity index (χ1v) is 11.5. The van der Waals surface area contributed by atoms with Gasteiger partial charge in [-0.2, -0.15) is 4.98 Å². The molecule has 7 heteroatoms. The molecule has 2 heterocycles. The molecule has 1 N–H and O–H groups in total. The number of carbonyl (C=O) groups excluding carboxylic acids is 1. The van der Waals surface area contributed by atoms with E-state index in [9.17, 15) is 4.79 Å². The number of carbonyl (C=O) groups is 1. The van der Waals surface area contributed by atoms with E-state index in [1.54, 1.807) is 4.52 Å². The molecule has 1 aromatic carbocycles. The minimum Gasteiger partial charge on any atom is -0.352 e. The van der Waals surface area contributed by atoms with Crippen LogP contribution in [0.1, 0.15) is 59.4 Å². The van der Waals surface area contributed by atoms with Gasteiger partial charge in [-0.25, -0.2) is 9.50 Å². The van der Waals surface area contributed by atoms with Crippen molar-refractivity contribution in [2.24, 2.45) is 0 Å². The maximum atomic E-state index is 12.8. The van der Waals surface area contributed by atoms with Crippen LogP contribution < -0.4 is 5.32 Å². The first kappa shape index (κ1) is 20.6. The van der Waals surface area contributed by atoms with E-state index in [2.05, 4.69) is 26.5 Å². The van der Waals surface area contributed by atoms with Crippen LogP contribution in [0.25, 0.3) is 5.78 Å². The van der Waals surface area contributed by atoms with Crippen LogP contribution in [-0.4, -0.2) is 32.0 Å². The highest BCUT2D eigenvalue weighted by atomic mass is 32.2. The van der Waals surface area contributed by atoms with Crippen molar-refractivity contribution in [1.29, 1.82) is 0 Å². The first-order chi connectivity index (χ1) is 14.6. The largest absolute Gasteiger partial charge is 0.352 e. The van der Waals surface area contributed by atoms with E-state index in [1.165, 1.54) is 43.0 Å². The fourth-order valence-electron chi connectivity index (χ4n) is 3.78. The number of thioether (sulfide) groups is 1. The molecule has 0 spiro atoms. The number of aromatic nitrogens is 4. The van der Waals surface area contributed by atoms with Crippen molar-refractivity contribution in [3.63, 3.8) is 0 Å². The molecule has 1 aliphatic rings. The second-order valence-corrected chi connectivity index (χ2v) is 8.65. The average Bonchev–Trinajstić information content (AvgIpc) is 3.16. The van der Waals surface area contributed by atoms with Gasteiger partial charge in [-0.3, -0.25) is 4.79 Å². The van der Waals surface area contributed by atoms with Crippen molar-refractivity contribution in [2.75, 3.05) is 6.54 Å². The van der Waals surface area contributed by atoms with Crippen LogP contribution in [0.3, 0.4) is 0 Å². The summed E-state index contributed by atoms with van der Waals surface area (Å²) >= 11 is 1.52. The Balaban J connectivity index is 1.40. The molecule has 0 bridgehead atoms. The molecule has 4 rings (SSSR count).